The average Bonchev–Trinajstić information content (AvgIpc) is 0.847. The molecule has 9 aromatic carbocycles. The fourth-order valence-electron chi connectivity index (χ4n) is 11.3. The molecule has 0 fully saturated rings. The number of rotatable bonds is 23. The molecule has 0 aliphatic carbocycles. The van der Waals surface area contributed by atoms with E-state index in [1.54, 1.807) is 24.8 Å². The summed E-state index contributed by atoms with van der Waals surface area (Å²) >= 11 is 0. The van der Waals surface area contributed by atoms with E-state index in [9.17, 15) is 19.2 Å². The summed E-state index contributed by atoms with van der Waals surface area (Å²) in [4.78, 5) is 85.7. The lowest BCUT2D eigenvalue weighted by molar-refractivity contribution is -0.117. The molecule has 0 unspecified atom stereocenters. The van der Waals surface area contributed by atoms with Gasteiger partial charge in [0.2, 0.25) is 23.6 Å². The van der Waals surface area contributed by atoms with Crippen LogP contribution in [0.15, 0.2) is 255 Å². The van der Waals surface area contributed by atoms with Crippen LogP contribution in [0, 0.1) is 0 Å². The first-order valence-corrected chi connectivity index (χ1v) is 35.7. The van der Waals surface area contributed by atoms with Gasteiger partial charge in [-0.25, -0.2) is 39.9 Å². The highest BCUT2D eigenvalue weighted by Gasteiger charge is 2.17. The van der Waals surface area contributed by atoms with Gasteiger partial charge in [0, 0.05) is 57.8 Å². The number of nitrogens with zero attached hydrogens (tertiary/aromatic N) is 8. The predicted octanol–water partition coefficient (Wildman–Crippen LogP) is 16.2. The topological polar surface area (TPSA) is 324 Å². The maximum absolute atomic E-state index is 12.6. The van der Waals surface area contributed by atoms with Crippen molar-refractivity contribution in [2.24, 2.45) is 0 Å². The number of aromatic nitrogens is 8. The van der Waals surface area contributed by atoms with Gasteiger partial charge in [0.25, 0.3) is 0 Å². The number of nitrogens with one attached hydrogen (secondary N) is 4. The van der Waals surface area contributed by atoms with E-state index >= 15 is 0 Å². The van der Waals surface area contributed by atoms with Crippen LogP contribution in [0.1, 0.15) is 92.0 Å². The maximum atomic E-state index is 12.6. The lowest BCUT2D eigenvalue weighted by Crippen LogP contribution is -2.17. The summed E-state index contributed by atoms with van der Waals surface area (Å²) < 4.78 is 0. The lowest BCUT2D eigenvalue weighted by Gasteiger charge is -2.11. The van der Waals surface area contributed by atoms with Gasteiger partial charge in [-0.1, -0.05) is 210 Å². The predicted molar refractivity (Wildman–Crippen MR) is 431 cm³/mol. The normalized spacial score (nSPS) is 10.6. The van der Waals surface area contributed by atoms with E-state index in [1.165, 1.54) is 5.56 Å². The Balaban J connectivity index is 0.000000153. The molecular weight excluding hydrogens is 1330 g/mol. The highest BCUT2D eigenvalue weighted by atomic mass is 16.2. The number of hydrogen-bond acceptors (Lipinski definition) is 16. The highest BCUT2D eigenvalue weighted by Crippen LogP contribution is 2.27. The van der Waals surface area contributed by atoms with E-state index in [-0.39, 0.29) is 30.0 Å². The molecule has 4 amide bonds. The summed E-state index contributed by atoms with van der Waals surface area (Å²) in [6, 6.07) is 73.9. The third-order valence-electron chi connectivity index (χ3n) is 17.2. The zero-order chi connectivity index (χ0) is 75.3. The average molecular weight is 1420 g/mol. The van der Waals surface area contributed by atoms with E-state index in [2.05, 4.69) is 79.3 Å². The summed E-state index contributed by atoms with van der Waals surface area (Å²) in [5, 5.41) is 13.9. The molecule has 20 heteroatoms. The number of nitrogen functional groups attached to an aromatic ring is 4. The van der Waals surface area contributed by atoms with Crippen molar-refractivity contribution in [3.63, 3.8) is 0 Å². The molecule has 0 bridgehead atoms. The van der Waals surface area contributed by atoms with Gasteiger partial charge in [-0.05, 0) is 127 Å². The van der Waals surface area contributed by atoms with E-state index < -0.39 is 0 Å². The highest BCUT2D eigenvalue weighted by molar-refractivity contribution is 5.94. The second-order valence-corrected chi connectivity index (χ2v) is 25.1. The van der Waals surface area contributed by atoms with Gasteiger partial charge < -0.3 is 44.2 Å². The van der Waals surface area contributed by atoms with E-state index in [4.69, 9.17) is 22.9 Å². The summed E-state index contributed by atoms with van der Waals surface area (Å²) in [5.41, 5.74) is 40.0. The molecule has 0 radical (unpaired) electrons. The van der Waals surface area contributed by atoms with Crippen LogP contribution >= 0.6 is 0 Å². The first kappa shape index (κ1) is 76.3. The number of anilines is 8. The summed E-state index contributed by atoms with van der Waals surface area (Å²) in [7, 11) is 0. The molecule has 4 aromatic heterocycles. The Labute approximate surface area is 624 Å². The van der Waals surface area contributed by atoms with Crippen molar-refractivity contribution >= 4 is 80.4 Å². The third kappa shape index (κ3) is 23.1. The van der Waals surface area contributed by atoms with Crippen molar-refractivity contribution in [1.29, 1.82) is 0 Å². The monoisotopic (exact) mass is 1420 g/mol. The quantitative estimate of drug-likeness (QED) is 0.0276. The first-order valence-electron chi connectivity index (χ1n) is 35.7. The molecule has 0 aliphatic heterocycles. The largest absolute Gasteiger partial charge is 0.399 e. The lowest BCUT2D eigenvalue weighted by atomic mass is 10.0. The summed E-state index contributed by atoms with van der Waals surface area (Å²) in [5.74, 6) is 1.81. The number of carbonyl (C=O) groups excluding carboxylic acids is 4. The number of benzene rings is 9. The van der Waals surface area contributed by atoms with Crippen LogP contribution in [0.2, 0.25) is 0 Å². The molecular formula is C87H88N16O4. The molecule has 13 aromatic rings. The van der Waals surface area contributed by atoms with Crippen molar-refractivity contribution in [1.82, 2.24) is 39.9 Å². The number of aryl methyl sites for hydroxylation is 6. The summed E-state index contributed by atoms with van der Waals surface area (Å²) in [6.45, 7) is 7.98. The Bertz CT molecular complexity index is 5070. The number of amides is 4. The number of carbonyl (C=O) groups is 4. The maximum Gasteiger partial charge on any atom is 0.229 e. The second-order valence-electron chi connectivity index (χ2n) is 25.1. The molecule has 540 valence electrons. The zero-order valence-corrected chi connectivity index (χ0v) is 60.5. The molecule has 20 nitrogen and oxygen atoms in total. The van der Waals surface area contributed by atoms with Crippen LogP contribution in [0.5, 0.6) is 0 Å². The Kier molecular flexibility index (Phi) is 27.6. The zero-order valence-electron chi connectivity index (χ0n) is 60.5. The Hall–Kier alpha value is -13.4. The van der Waals surface area contributed by atoms with Crippen LogP contribution < -0.4 is 44.2 Å². The van der Waals surface area contributed by atoms with Crippen LogP contribution in [-0.2, 0) is 70.5 Å². The van der Waals surface area contributed by atoms with Crippen molar-refractivity contribution in [3.05, 3.63) is 300 Å². The molecule has 0 spiro atoms. The molecule has 107 heavy (non-hydrogen) atoms. The fraction of sp³-hybridized carbons (Fsp3) is 0.172. The van der Waals surface area contributed by atoms with Crippen LogP contribution in [0.25, 0.3) is 55.8 Å². The fourth-order valence-corrected chi connectivity index (χ4v) is 11.3. The van der Waals surface area contributed by atoms with E-state index in [0.29, 0.717) is 97.4 Å². The minimum absolute atomic E-state index is 0.0323. The SMILES string of the molecule is CCc1nc(-c2ccc(N)cc2)cnc1NC(=O)CCCc1ccccc1.CCc1nc(-c2ccc(N)cc2)cnc1NC(=O)CCc1ccccc1.CCc1nc(-c2ccc(N)cc2)cnc1NC(=O)Cc1ccc2ccccc2c1.CCc1nc(-c2ccc(N)cc2)cnc1NC(=O)Cc1ccccc1. The molecule has 0 aliphatic rings. The Morgan fingerprint density at radius 3 is 0.953 bits per heavy atom. The summed E-state index contributed by atoms with van der Waals surface area (Å²) in [6.07, 6.45) is 13.3. The van der Waals surface area contributed by atoms with Crippen LogP contribution in [0.3, 0.4) is 0 Å². The Morgan fingerprint density at radius 1 is 0.299 bits per heavy atom. The molecule has 12 N–H and O–H groups in total. The van der Waals surface area contributed by atoms with Gasteiger partial charge >= 0.3 is 0 Å². The van der Waals surface area contributed by atoms with Crippen molar-refractivity contribution < 1.29 is 19.2 Å². The van der Waals surface area contributed by atoms with Gasteiger partial charge in [-0.3, -0.25) is 19.2 Å². The molecule has 13 rings (SSSR count). The van der Waals surface area contributed by atoms with Crippen molar-refractivity contribution in [2.75, 3.05) is 44.2 Å². The van der Waals surface area contributed by atoms with Gasteiger partial charge in [0.15, 0.2) is 23.3 Å². The van der Waals surface area contributed by atoms with Gasteiger partial charge in [0.1, 0.15) is 0 Å². The minimum atomic E-state index is -0.107. The van der Waals surface area contributed by atoms with Crippen molar-refractivity contribution in [2.45, 2.75) is 98.3 Å². The minimum Gasteiger partial charge on any atom is -0.399 e. The van der Waals surface area contributed by atoms with Gasteiger partial charge in [-0.2, -0.15) is 0 Å². The third-order valence-corrected chi connectivity index (χ3v) is 17.2. The van der Waals surface area contributed by atoms with Gasteiger partial charge in [0.05, 0.1) is 83.2 Å². The molecule has 0 saturated carbocycles. The van der Waals surface area contributed by atoms with Crippen molar-refractivity contribution in [3.8, 4) is 45.0 Å². The molecule has 0 atom stereocenters. The first-order chi connectivity index (χ1) is 52.1. The number of fused-ring (bicyclic) bond motifs is 1. The standard InChI is InChI=1S/C24H22N4O.C22H24N4O.C21H22N4O.C20H20N4O/c1-2-21-24(26-15-22(27-21)18-9-11-20(25)12-10-18)28-23(29)14-16-7-8-17-5-3-4-6-19(17)13-16;1-2-19-22(24-15-20(25-19)17-11-13-18(23)14-12-17)26-21(27)10-6-9-16-7-4-3-5-8-16;1-2-18-21(25-20(26)13-8-15-6-4-3-5-7-15)23-14-19(24-18)16-9-11-17(22)12-10-16;1-2-17-20(24-19(25)12-14-6-4-3-5-7-14)22-13-18(23-17)15-8-10-16(21)11-9-15/h3-13,15H,2,14,25H2,1H3,(H,26,28,29);3-5,7-8,11-15H,2,6,9-10,23H2,1H3,(H,24,26,27);3-7,9-12,14H,2,8,13,22H2,1H3,(H,23,25,26);3-11,13H,2,12,21H2,1H3,(H,22,24,25). The van der Waals surface area contributed by atoms with Crippen LogP contribution in [-0.4, -0.2) is 63.5 Å². The van der Waals surface area contributed by atoms with Crippen LogP contribution in [0.4, 0.5) is 46.0 Å². The van der Waals surface area contributed by atoms with E-state index in [1.807, 2.05) is 240 Å². The van der Waals surface area contributed by atoms with E-state index in [0.717, 1.165) is 108 Å². The Morgan fingerprint density at radius 2 is 0.598 bits per heavy atom. The number of nitrogens with two attached hydrogens (primary N) is 4. The second kappa shape index (κ2) is 38.8. The van der Waals surface area contributed by atoms with Gasteiger partial charge in [-0.15, -0.1) is 0 Å². The smallest absolute Gasteiger partial charge is 0.229 e. The molecule has 4 heterocycles. The number of hydrogen-bond donors (Lipinski definition) is 8. The molecule has 0 saturated heterocycles.